The molecule has 0 amide bonds. The third-order valence-corrected chi connectivity index (χ3v) is 5.55. The molecule has 0 aromatic heterocycles. The van der Waals surface area contributed by atoms with Gasteiger partial charge in [-0.1, -0.05) is 48.5 Å². The van der Waals surface area contributed by atoms with Crippen LogP contribution in [-0.4, -0.2) is 24.5 Å². The molecule has 0 saturated heterocycles. The number of anilines is 1. The van der Waals surface area contributed by atoms with E-state index in [4.69, 9.17) is 0 Å². The monoisotopic (exact) mass is 392 g/mol. The first-order valence-corrected chi connectivity index (χ1v) is 9.95. The van der Waals surface area contributed by atoms with Crippen LogP contribution in [0.15, 0.2) is 76.7 Å². The minimum Gasteiger partial charge on any atom is -0.287 e. The number of hydrogen-bond acceptors (Lipinski definition) is 5. The number of nitrogens with zero attached hydrogens (tertiary/aromatic N) is 1. The van der Waals surface area contributed by atoms with Gasteiger partial charge in [-0.3, -0.25) is 14.8 Å². The second kappa shape index (κ2) is 6.70. The molecule has 6 nitrogen and oxygen atoms in total. The number of fused-ring (bicyclic) bond motifs is 2. The third kappa shape index (κ3) is 3.11. The van der Waals surface area contributed by atoms with E-state index in [2.05, 4.69) is 10.5 Å². The summed E-state index contributed by atoms with van der Waals surface area (Å²) in [5, 5.41) is 5.18. The first kappa shape index (κ1) is 18.1. The maximum atomic E-state index is 12.7. The summed E-state index contributed by atoms with van der Waals surface area (Å²) >= 11 is 0. The molecule has 0 fully saturated rings. The molecule has 0 aliphatic heterocycles. The number of rotatable bonds is 3. The van der Waals surface area contributed by atoms with Crippen molar-refractivity contribution in [2.75, 3.05) is 5.43 Å². The highest BCUT2D eigenvalue weighted by Crippen LogP contribution is 2.30. The minimum absolute atomic E-state index is 0.181. The molecule has 0 atom stereocenters. The van der Waals surface area contributed by atoms with E-state index < -0.39 is 10.1 Å². The fourth-order valence-electron chi connectivity index (χ4n) is 3.31. The SMILES string of the molecule is CC1=C/C(=N/Nc2ccc(S(=O)(=O)O)c3ccccc23)C(=O)c2ccccc21. The average molecular weight is 392 g/mol. The van der Waals surface area contributed by atoms with E-state index >= 15 is 0 Å². The van der Waals surface area contributed by atoms with Crippen LogP contribution in [0.5, 0.6) is 0 Å². The zero-order valence-corrected chi connectivity index (χ0v) is 15.7. The summed E-state index contributed by atoms with van der Waals surface area (Å²) in [5.74, 6) is -0.187. The lowest BCUT2D eigenvalue weighted by atomic mass is 9.90. The van der Waals surface area contributed by atoms with Crippen molar-refractivity contribution in [2.24, 2.45) is 5.10 Å². The number of carbonyl (C=O) groups is 1. The molecular formula is C21H16N2O4S. The van der Waals surface area contributed by atoms with Gasteiger partial charge >= 0.3 is 0 Å². The van der Waals surface area contributed by atoms with Crippen LogP contribution in [0.3, 0.4) is 0 Å². The normalized spacial score (nSPS) is 15.4. The lowest BCUT2D eigenvalue weighted by molar-refractivity contribution is 0.106. The van der Waals surface area contributed by atoms with Gasteiger partial charge in [-0.05, 0) is 36.3 Å². The van der Waals surface area contributed by atoms with Gasteiger partial charge in [0, 0.05) is 16.3 Å². The second-order valence-electron chi connectivity index (χ2n) is 6.44. The number of hydrazone groups is 1. The molecule has 7 heteroatoms. The lowest BCUT2D eigenvalue weighted by Crippen LogP contribution is -2.19. The molecule has 1 aliphatic rings. The zero-order valence-electron chi connectivity index (χ0n) is 14.9. The smallest absolute Gasteiger partial charge is 0.287 e. The molecule has 28 heavy (non-hydrogen) atoms. The van der Waals surface area contributed by atoms with Crippen LogP contribution in [0.4, 0.5) is 5.69 Å². The molecule has 3 aromatic carbocycles. The molecule has 2 N–H and O–H groups in total. The van der Waals surface area contributed by atoms with Gasteiger partial charge in [-0.15, -0.1) is 0 Å². The molecule has 4 rings (SSSR count). The van der Waals surface area contributed by atoms with Crippen molar-refractivity contribution in [3.05, 3.63) is 77.9 Å². The van der Waals surface area contributed by atoms with Crippen LogP contribution in [0.25, 0.3) is 16.3 Å². The van der Waals surface area contributed by atoms with E-state index in [0.717, 1.165) is 11.1 Å². The van der Waals surface area contributed by atoms with E-state index in [0.29, 0.717) is 22.0 Å². The molecule has 0 unspecified atom stereocenters. The maximum Gasteiger partial charge on any atom is 0.295 e. The van der Waals surface area contributed by atoms with E-state index in [1.807, 2.05) is 25.1 Å². The highest BCUT2D eigenvalue weighted by molar-refractivity contribution is 7.86. The topological polar surface area (TPSA) is 95.8 Å². The first-order chi connectivity index (χ1) is 13.4. The predicted octanol–water partition coefficient (Wildman–Crippen LogP) is 4.15. The fraction of sp³-hybridized carbons (Fsp3) is 0.0476. The quantitative estimate of drug-likeness (QED) is 0.516. The van der Waals surface area contributed by atoms with Gasteiger partial charge in [0.1, 0.15) is 10.6 Å². The number of ketones is 1. The van der Waals surface area contributed by atoms with Gasteiger partial charge in [0.15, 0.2) is 0 Å². The molecule has 0 spiro atoms. The summed E-state index contributed by atoms with van der Waals surface area (Å²) in [5.41, 5.74) is 6.06. The van der Waals surface area contributed by atoms with Crippen molar-refractivity contribution in [1.82, 2.24) is 0 Å². The predicted molar refractivity (Wildman–Crippen MR) is 109 cm³/mol. The summed E-state index contributed by atoms with van der Waals surface area (Å²) in [7, 11) is -4.36. The molecule has 140 valence electrons. The van der Waals surface area contributed by atoms with Gasteiger partial charge in [-0.25, -0.2) is 0 Å². The van der Waals surface area contributed by atoms with Crippen molar-refractivity contribution in [3.63, 3.8) is 0 Å². The van der Waals surface area contributed by atoms with Crippen molar-refractivity contribution in [1.29, 1.82) is 0 Å². The molecule has 0 radical (unpaired) electrons. The van der Waals surface area contributed by atoms with E-state index in [9.17, 15) is 17.8 Å². The van der Waals surface area contributed by atoms with Crippen LogP contribution in [-0.2, 0) is 10.1 Å². The minimum atomic E-state index is -4.36. The van der Waals surface area contributed by atoms with E-state index in [1.165, 1.54) is 12.1 Å². The first-order valence-electron chi connectivity index (χ1n) is 8.51. The van der Waals surface area contributed by atoms with Crippen LogP contribution in [0.2, 0.25) is 0 Å². The summed E-state index contributed by atoms with van der Waals surface area (Å²) < 4.78 is 32.7. The van der Waals surface area contributed by atoms with Crippen molar-refractivity contribution >= 4 is 43.6 Å². The Balaban J connectivity index is 1.77. The molecule has 3 aromatic rings. The Morgan fingerprint density at radius 2 is 1.54 bits per heavy atom. The summed E-state index contributed by atoms with van der Waals surface area (Å²) in [4.78, 5) is 12.5. The Hall–Kier alpha value is -3.29. The highest BCUT2D eigenvalue weighted by Gasteiger charge is 2.22. The maximum absolute atomic E-state index is 12.7. The Bertz CT molecular complexity index is 1290. The van der Waals surface area contributed by atoms with Crippen molar-refractivity contribution in [2.45, 2.75) is 11.8 Å². The highest BCUT2D eigenvalue weighted by atomic mass is 32.2. The number of carbonyl (C=O) groups excluding carboxylic acids is 1. The molecule has 0 saturated carbocycles. The summed E-state index contributed by atoms with van der Waals surface area (Å²) in [6.45, 7) is 1.91. The Morgan fingerprint density at radius 1 is 0.893 bits per heavy atom. The molecule has 0 bridgehead atoms. The number of benzene rings is 3. The standard InChI is InChI=1S/C21H16N2O4S/c1-13-12-19(21(24)17-9-5-2-6-14(13)17)23-22-18-10-11-20(28(25,26)27)16-8-4-3-7-15(16)18/h2-12,22H,1H3,(H,25,26,27)/b23-19-. The largest absolute Gasteiger partial charge is 0.295 e. The number of allylic oxidation sites excluding steroid dienone is 2. The molecule has 1 aliphatic carbocycles. The Kier molecular flexibility index (Phi) is 4.33. The van der Waals surface area contributed by atoms with Crippen LogP contribution in [0, 0.1) is 0 Å². The summed E-state index contributed by atoms with van der Waals surface area (Å²) in [6, 6.07) is 16.9. The van der Waals surface area contributed by atoms with Crippen molar-refractivity contribution in [3.8, 4) is 0 Å². The van der Waals surface area contributed by atoms with E-state index in [1.54, 1.807) is 36.4 Å². The number of Topliss-reactive ketones (excluding diaryl/α,β-unsaturated/α-hetero) is 1. The van der Waals surface area contributed by atoms with Gasteiger partial charge < -0.3 is 0 Å². The van der Waals surface area contributed by atoms with Crippen molar-refractivity contribution < 1.29 is 17.8 Å². The zero-order chi connectivity index (χ0) is 19.9. The van der Waals surface area contributed by atoms with Gasteiger partial charge in [0.05, 0.1) is 5.69 Å². The van der Waals surface area contributed by atoms with E-state index in [-0.39, 0.29) is 16.4 Å². The van der Waals surface area contributed by atoms with Gasteiger partial charge in [0.2, 0.25) is 5.78 Å². The van der Waals surface area contributed by atoms with Crippen LogP contribution >= 0.6 is 0 Å². The lowest BCUT2D eigenvalue weighted by Gasteiger charge is -2.15. The Morgan fingerprint density at radius 3 is 2.25 bits per heavy atom. The van der Waals surface area contributed by atoms with Crippen LogP contribution < -0.4 is 5.43 Å². The summed E-state index contributed by atoms with van der Waals surface area (Å²) in [6.07, 6.45) is 1.71. The van der Waals surface area contributed by atoms with Crippen LogP contribution in [0.1, 0.15) is 22.8 Å². The molecule has 0 heterocycles. The Labute approximate surface area is 162 Å². The van der Waals surface area contributed by atoms with Gasteiger partial charge in [-0.2, -0.15) is 13.5 Å². The number of nitrogens with one attached hydrogen (secondary N) is 1. The average Bonchev–Trinajstić information content (AvgIpc) is 2.68. The fourth-order valence-corrected chi connectivity index (χ4v) is 4.00. The number of hydrogen-bond donors (Lipinski definition) is 2. The second-order valence-corrected chi connectivity index (χ2v) is 7.83. The van der Waals surface area contributed by atoms with Gasteiger partial charge in [0.25, 0.3) is 10.1 Å². The third-order valence-electron chi connectivity index (χ3n) is 4.64. The molecular weight excluding hydrogens is 376 g/mol.